The molecular weight excluding hydrogens is 412 g/mol. The summed E-state index contributed by atoms with van der Waals surface area (Å²) in [7, 11) is 1.62. The lowest BCUT2D eigenvalue weighted by Gasteiger charge is -2.31. The first-order chi connectivity index (χ1) is 16.1. The van der Waals surface area contributed by atoms with Gasteiger partial charge < -0.3 is 15.0 Å². The number of carbonyl (C=O) groups is 2. The predicted molar refractivity (Wildman–Crippen MR) is 131 cm³/mol. The SMILES string of the molecule is CCNC(=O)[C@H](Cc1ccccc1)N(Cc1ccc(OC)cc1)C(=O)CCc1ccccc1. The molecule has 0 aliphatic rings. The summed E-state index contributed by atoms with van der Waals surface area (Å²) in [6.07, 6.45) is 1.43. The summed E-state index contributed by atoms with van der Waals surface area (Å²) in [6, 6.07) is 26.8. The zero-order valence-corrected chi connectivity index (χ0v) is 19.4. The van der Waals surface area contributed by atoms with Crippen LogP contribution in [0.5, 0.6) is 5.75 Å². The number of nitrogens with one attached hydrogen (secondary N) is 1. The highest BCUT2D eigenvalue weighted by Gasteiger charge is 2.29. The molecule has 3 aromatic rings. The van der Waals surface area contributed by atoms with E-state index >= 15 is 0 Å². The number of amides is 2. The van der Waals surface area contributed by atoms with E-state index in [2.05, 4.69) is 5.32 Å². The number of hydrogen-bond acceptors (Lipinski definition) is 3. The van der Waals surface area contributed by atoms with Crippen molar-refractivity contribution in [3.8, 4) is 5.75 Å². The van der Waals surface area contributed by atoms with Crippen molar-refractivity contribution < 1.29 is 14.3 Å². The van der Waals surface area contributed by atoms with Gasteiger partial charge >= 0.3 is 0 Å². The fraction of sp³-hybridized carbons (Fsp3) is 0.286. The number of aryl methyl sites for hydroxylation is 1. The van der Waals surface area contributed by atoms with Gasteiger partial charge in [0.15, 0.2) is 0 Å². The zero-order valence-electron chi connectivity index (χ0n) is 19.4. The molecule has 0 spiro atoms. The lowest BCUT2D eigenvalue weighted by molar-refractivity contribution is -0.141. The van der Waals surface area contributed by atoms with Gasteiger partial charge in [-0.15, -0.1) is 0 Å². The van der Waals surface area contributed by atoms with Crippen LogP contribution in [0.15, 0.2) is 84.9 Å². The first-order valence-corrected chi connectivity index (χ1v) is 11.4. The van der Waals surface area contributed by atoms with Gasteiger partial charge in [-0.3, -0.25) is 9.59 Å². The Morgan fingerprint density at radius 2 is 1.45 bits per heavy atom. The summed E-state index contributed by atoms with van der Waals surface area (Å²) in [5.41, 5.74) is 3.07. The van der Waals surface area contributed by atoms with Crippen molar-refractivity contribution >= 4 is 11.8 Å². The molecule has 3 aromatic carbocycles. The zero-order chi connectivity index (χ0) is 23.5. The first kappa shape index (κ1) is 24.1. The molecule has 33 heavy (non-hydrogen) atoms. The van der Waals surface area contributed by atoms with Crippen LogP contribution in [0.3, 0.4) is 0 Å². The van der Waals surface area contributed by atoms with Gasteiger partial charge in [0.1, 0.15) is 11.8 Å². The smallest absolute Gasteiger partial charge is 0.243 e. The van der Waals surface area contributed by atoms with Crippen molar-refractivity contribution in [2.45, 2.75) is 38.8 Å². The van der Waals surface area contributed by atoms with Crippen LogP contribution in [-0.4, -0.2) is 36.4 Å². The van der Waals surface area contributed by atoms with Crippen molar-refractivity contribution in [2.75, 3.05) is 13.7 Å². The Kier molecular flexibility index (Phi) is 9.07. The standard InChI is InChI=1S/C28H32N2O3/c1-3-29-28(32)26(20-23-12-8-5-9-13-23)30(21-24-14-17-25(33-2)18-15-24)27(31)19-16-22-10-6-4-7-11-22/h4-15,17-18,26H,3,16,19-21H2,1-2H3,(H,29,32)/t26-/m0/s1. The maximum absolute atomic E-state index is 13.5. The summed E-state index contributed by atoms with van der Waals surface area (Å²) in [6.45, 7) is 2.76. The van der Waals surface area contributed by atoms with Crippen LogP contribution in [0.4, 0.5) is 0 Å². The fourth-order valence-corrected chi connectivity index (χ4v) is 3.81. The average molecular weight is 445 g/mol. The summed E-state index contributed by atoms with van der Waals surface area (Å²) < 4.78 is 5.26. The second-order valence-corrected chi connectivity index (χ2v) is 7.96. The molecule has 0 bridgehead atoms. The number of hydrogen-bond donors (Lipinski definition) is 1. The number of rotatable bonds is 11. The van der Waals surface area contributed by atoms with Gasteiger partial charge in [-0.1, -0.05) is 72.8 Å². The molecule has 1 N–H and O–H groups in total. The lowest BCUT2D eigenvalue weighted by atomic mass is 10.0. The maximum Gasteiger partial charge on any atom is 0.243 e. The van der Waals surface area contributed by atoms with Crippen molar-refractivity contribution in [3.63, 3.8) is 0 Å². The van der Waals surface area contributed by atoms with E-state index in [1.165, 1.54) is 0 Å². The van der Waals surface area contributed by atoms with Crippen LogP contribution in [-0.2, 0) is 29.0 Å². The number of methoxy groups -OCH3 is 1. The van der Waals surface area contributed by atoms with Gasteiger partial charge in [-0.2, -0.15) is 0 Å². The highest BCUT2D eigenvalue weighted by atomic mass is 16.5. The minimum absolute atomic E-state index is 0.0399. The third-order valence-electron chi connectivity index (χ3n) is 5.60. The Hall–Kier alpha value is -3.60. The molecule has 5 nitrogen and oxygen atoms in total. The quantitative estimate of drug-likeness (QED) is 0.477. The molecule has 0 unspecified atom stereocenters. The molecule has 0 radical (unpaired) electrons. The van der Waals surface area contributed by atoms with Gasteiger partial charge in [0.25, 0.3) is 0 Å². The van der Waals surface area contributed by atoms with Crippen molar-refractivity contribution in [3.05, 3.63) is 102 Å². The van der Waals surface area contributed by atoms with Gasteiger partial charge in [-0.05, 0) is 42.2 Å². The summed E-state index contributed by atoms with van der Waals surface area (Å²) in [4.78, 5) is 28.4. The number of carbonyl (C=O) groups excluding carboxylic acids is 2. The van der Waals surface area contributed by atoms with Gasteiger partial charge in [-0.25, -0.2) is 0 Å². The highest BCUT2D eigenvalue weighted by Crippen LogP contribution is 2.19. The fourth-order valence-electron chi connectivity index (χ4n) is 3.81. The molecule has 172 valence electrons. The Morgan fingerprint density at radius 3 is 2.03 bits per heavy atom. The first-order valence-electron chi connectivity index (χ1n) is 11.4. The van der Waals surface area contributed by atoms with Crippen molar-refractivity contribution in [2.24, 2.45) is 0 Å². The van der Waals surface area contributed by atoms with Crippen LogP contribution in [0.25, 0.3) is 0 Å². The molecule has 1 atom stereocenters. The Balaban J connectivity index is 1.87. The van der Waals surface area contributed by atoms with Crippen molar-refractivity contribution in [1.29, 1.82) is 0 Å². The van der Waals surface area contributed by atoms with Gasteiger partial charge in [0.05, 0.1) is 7.11 Å². The third kappa shape index (κ3) is 7.21. The molecule has 5 heteroatoms. The molecule has 3 rings (SSSR count). The van der Waals surface area contributed by atoms with Crippen LogP contribution >= 0.6 is 0 Å². The minimum atomic E-state index is -0.599. The molecule has 0 saturated heterocycles. The Labute approximate surface area is 196 Å². The van der Waals surface area contributed by atoms with E-state index in [-0.39, 0.29) is 11.8 Å². The van der Waals surface area contributed by atoms with Crippen LogP contribution in [0, 0.1) is 0 Å². The lowest BCUT2D eigenvalue weighted by Crippen LogP contribution is -2.50. The van der Waals surface area contributed by atoms with E-state index in [0.717, 1.165) is 22.4 Å². The van der Waals surface area contributed by atoms with Crippen LogP contribution < -0.4 is 10.1 Å². The molecule has 0 fully saturated rings. The normalized spacial score (nSPS) is 11.5. The third-order valence-corrected chi connectivity index (χ3v) is 5.60. The van der Waals surface area contributed by atoms with E-state index in [9.17, 15) is 9.59 Å². The summed E-state index contributed by atoms with van der Waals surface area (Å²) >= 11 is 0. The Morgan fingerprint density at radius 1 is 0.848 bits per heavy atom. The molecule has 0 saturated carbocycles. The van der Waals surface area contributed by atoms with Gasteiger partial charge in [0, 0.05) is 25.9 Å². The second-order valence-electron chi connectivity index (χ2n) is 7.96. The topological polar surface area (TPSA) is 58.6 Å². The molecular formula is C28H32N2O3. The second kappa shape index (κ2) is 12.4. The molecule has 0 aliphatic carbocycles. The Bertz CT molecular complexity index is 1000. The van der Waals surface area contributed by atoms with E-state index in [1.54, 1.807) is 12.0 Å². The van der Waals surface area contributed by atoms with E-state index < -0.39 is 6.04 Å². The number of nitrogens with zero attached hydrogens (tertiary/aromatic N) is 1. The van der Waals surface area contributed by atoms with Crippen molar-refractivity contribution in [1.82, 2.24) is 10.2 Å². The molecule has 0 heterocycles. The number of likely N-dealkylation sites (N-methyl/N-ethyl adjacent to an activating group) is 1. The van der Waals surface area contributed by atoms with E-state index in [0.29, 0.717) is 32.4 Å². The van der Waals surface area contributed by atoms with Crippen LogP contribution in [0.2, 0.25) is 0 Å². The number of benzene rings is 3. The van der Waals surface area contributed by atoms with Crippen LogP contribution in [0.1, 0.15) is 30.0 Å². The average Bonchev–Trinajstić information content (AvgIpc) is 2.86. The highest BCUT2D eigenvalue weighted by molar-refractivity contribution is 5.88. The molecule has 2 amide bonds. The molecule has 0 aromatic heterocycles. The number of ether oxygens (including phenoxy) is 1. The van der Waals surface area contributed by atoms with E-state index in [4.69, 9.17) is 4.74 Å². The summed E-state index contributed by atoms with van der Waals surface area (Å²) in [5.74, 6) is 0.579. The van der Waals surface area contributed by atoms with E-state index in [1.807, 2.05) is 91.9 Å². The maximum atomic E-state index is 13.5. The molecule has 0 aliphatic heterocycles. The monoisotopic (exact) mass is 444 g/mol. The predicted octanol–water partition coefficient (Wildman–Crippen LogP) is 4.40. The largest absolute Gasteiger partial charge is 0.497 e. The summed E-state index contributed by atoms with van der Waals surface area (Å²) in [5, 5.41) is 2.93. The van der Waals surface area contributed by atoms with Gasteiger partial charge in [0.2, 0.25) is 11.8 Å². The minimum Gasteiger partial charge on any atom is -0.497 e.